The van der Waals surface area contributed by atoms with E-state index >= 15 is 0 Å². The molecule has 0 radical (unpaired) electrons. The molecule has 0 spiro atoms. The van der Waals surface area contributed by atoms with Gasteiger partial charge >= 0.3 is 5.63 Å². The lowest BCUT2D eigenvalue weighted by atomic mass is 10.2. The fourth-order valence-corrected chi connectivity index (χ4v) is 2.04. The lowest BCUT2D eigenvalue weighted by molar-refractivity contribution is 0.472. The third kappa shape index (κ3) is 3.47. The van der Waals surface area contributed by atoms with Crippen molar-refractivity contribution < 1.29 is 14.6 Å². The summed E-state index contributed by atoms with van der Waals surface area (Å²) in [6.45, 7) is 0. The number of phenols is 2. The Kier molecular flexibility index (Phi) is 3.93. The highest BCUT2D eigenvalue weighted by atomic mass is 16.4. The minimum absolute atomic E-state index is 0.00766. The van der Waals surface area contributed by atoms with Crippen LogP contribution in [-0.2, 0) is 0 Å². The zero-order valence-corrected chi connectivity index (χ0v) is 12.0. The van der Waals surface area contributed by atoms with Crippen molar-refractivity contribution >= 4 is 23.1 Å². The monoisotopic (exact) mass is 307 g/mol. The molecule has 1 heterocycles. The van der Waals surface area contributed by atoms with Crippen LogP contribution in [0.3, 0.4) is 0 Å². The molecule has 0 saturated carbocycles. The van der Waals surface area contributed by atoms with Gasteiger partial charge in [0, 0.05) is 6.08 Å². The maximum absolute atomic E-state index is 11.8. The number of benzene rings is 2. The summed E-state index contributed by atoms with van der Waals surface area (Å²) in [7, 11) is 0. The van der Waals surface area contributed by atoms with Crippen LogP contribution in [0.2, 0.25) is 0 Å². The van der Waals surface area contributed by atoms with Crippen LogP contribution in [0.25, 0.3) is 23.1 Å². The third-order valence-corrected chi connectivity index (χ3v) is 3.16. The predicted molar refractivity (Wildman–Crippen MR) is 88.1 cm³/mol. The van der Waals surface area contributed by atoms with E-state index in [1.807, 2.05) is 6.08 Å². The minimum atomic E-state index is -0.548. The molecule has 5 nitrogen and oxygen atoms in total. The van der Waals surface area contributed by atoms with E-state index in [-0.39, 0.29) is 22.8 Å². The number of nitrogens with zero attached hydrogens (tertiary/aromatic N) is 1. The summed E-state index contributed by atoms with van der Waals surface area (Å²) in [5.74, 6) is 0.390. The summed E-state index contributed by atoms with van der Waals surface area (Å²) < 4.78 is 5.08. The first-order chi connectivity index (χ1) is 11.1. The van der Waals surface area contributed by atoms with Crippen LogP contribution in [-0.4, -0.2) is 15.2 Å². The van der Waals surface area contributed by atoms with Crippen LogP contribution >= 0.6 is 0 Å². The van der Waals surface area contributed by atoms with E-state index in [1.54, 1.807) is 48.6 Å². The van der Waals surface area contributed by atoms with E-state index in [9.17, 15) is 15.0 Å². The smallest absolute Gasteiger partial charge is 0.347 e. The Morgan fingerprint density at radius 2 is 1.61 bits per heavy atom. The molecule has 3 rings (SSSR count). The SMILES string of the molecule is O=c1oc(/C=C/C=C/c2ccc(O)cc2)nc2ccc(O)cc12. The number of hydrogen-bond acceptors (Lipinski definition) is 5. The molecule has 0 saturated heterocycles. The highest BCUT2D eigenvalue weighted by Crippen LogP contribution is 2.16. The molecule has 3 aromatic rings. The summed E-state index contributed by atoms with van der Waals surface area (Å²) in [5.41, 5.74) is 0.838. The van der Waals surface area contributed by atoms with Crippen LogP contribution in [0, 0.1) is 0 Å². The van der Waals surface area contributed by atoms with Gasteiger partial charge in [-0.2, -0.15) is 0 Å². The van der Waals surface area contributed by atoms with Gasteiger partial charge in [0.2, 0.25) is 5.89 Å². The summed E-state index contributed by atoms with van der Waals surface area (Å²) in [6, 6.07) is 11.1. The Balaban J connectivity index is 1.82. The van der Waals surface area contributed by atoms with E-state index in [0.717, 1.165) is 5.56 Å². The van der Waals surface area contributed by atoms with Gasteiger partial charge in [0.05, 0.1) is 10.9 Å². The van der Waals surface area contributed by atoms with E-state index < -0.39 is 5.63 Å². The van der Waals surface area contributed by atoms with Gasteiger partial charge in [0.15, 0.2) is 0 Å². The van der Waals surface area contributed by atoms with Crippen LogP contribution in [0.4, 0.5) is 0 Å². The van der Waals surface area contributed by atoms with Crippen LogP contribution in [0.15, 0.2) is 63.8 Å². The predicted octanol–water partition coefficient (Wildman–Crippen LogP) is 3.33. The first-order valence-corrected chi connectivity index (χ1v) is 6.89. The number of aromatic nitrogens is 1. The van der Waals surface area contributed by atoms with Crippen molar-refractivity contribution in [3.8, 4) is 11.5 Å². The summed E-state index contributed by atoms with van der Waals surface area (Å²) in [4.78, 5) is 16.0. The fraction of sp³-hybridized carbons (Fsp3) is 0. The molecule has 2 aromatic carbocycles. The second-order valence-electron chi connectivity index (χ2n) is 4.85. The lowest BCUT2D eigenvalue weighted by Gasteiger charge is -1.98. The summed E-state index contributed by atoms with van der Waals surface area (Å²) >= 11 is 0. The van der Waals surface area contributed by atoms with E-state index in [2.05, 4.69) is 4.98 Å². The molecule has 0 bridgehead atoms. The maximum atomic E-state index is 11.8. The number of allylic oxidation sites excluding steroid dienone is 2. The molecule has 0 aliphatic heterocycles. The number of fused-ring (bicyclic) bond motifs is 1. The fourth-order valence-electron chi connectivity index (χ4n) is 2.04. The van der Waals surface area contributed by atoms with Gasteiger partial charge < -0.3 is 14.6 Å². The minimum Gasteiger partial charge on any atom is -0.508 e. The van der Waals surface area contributed by atoms with Gasteiger partial charge in [-0.15, -0.1) is 0 Å². The molecule has 0 aliphatic carbocycles. The van der Waals surface area contributed by atoms with Crippen molar-refractivity contribution in [2.75, 3.05) is 0 Å². The average Bonchev–Trinajstić information content (AvgIpc) is 2.54. The van der Waals surface area contributed by atoms with Crippen LogP contribution in [0.1, 0.15) is 11.5 Å². The number of hydrogen-bond donors (Lipinski definition) is 2. The Morgan fingerprint density at radius 3 is 2.39 bits per heavy atom. The molecule has 0 amide bonds. The highest BCUT2D eigenvalue weighted by Gasteiger charge is 2.04. The van der Waals surface area contributed by atoms with Crippen molar-refractivity contribution in [3.05, 3.63) is 76.5 Å². The van der Waals surface area contributed by atoms with Crippen molar-refractivity contribution in [1.82, 2.24) is 4.98 Å². The Bertz CT molecular complexity index is 953. The first kappa shape index (κ1) is 14.6. The van der Waals surface area contributed by atoms with Gasteiger partial charge in [0.25, 0.3) is 0 Å². The molecule has 5 heteroatoms. The van der Waals surface area contributed by atoms with Crippen LogP contribution < -0.4 is 5.63 Å². The maximum Gasteiger partial charge on any atom is 0.347 e. The number of phenolic OH excluding ortho intramolecular Hbond substituents is 2. The van der Waals surface area contributed by atoms with E-state index in [4.69, 9.17) is 4.42 Å². The van der Waals surface area contributed by atoms with Crippen LogP contribution in [0.5, 0.6) is 11.5 Å². The largest absolute Gasteiger partial charge is 0.508 e. The van der Waals surface area contributed by atoms with Crippen molar-refractivity contribution in [2.45, 2.75) is 0 Å². The van der Waals surface area contributed by atoms with Gasteiger partial charge in [-0.1, -0.05) is 30.4 Å². The number of rotatable bonds is 3. The molecule has 2 N–H and O–H groups in total. The zero-order chi connectivity index (χ0) is 16.2. The lowest BCUT2D eigenvalue weighted by Crippen LogP contribution is -2.02. The van der Waals surface area contributed by atoms with Crippen molar-refractivity contribution in [3.63, 3.8) is 0 Å². The molecular weight excluding hydrogens is 294 g/mol. The van der Waals surface area contributed by atoms with E-state index in [1.165, 1.54) is 12.1 Å². The first-order valence-electron chi connectivity index (χ1n) is 6.89. The highest BCUT2D eigenvalue weighted by molar-refractivity contribution is 5.79. The molecule has 0 unspecified atom stereocenters. The molecule has 1 aromatic heterocycles. The van der Waals surface area contributed by atoms with Gasteiger partial charge in [0.1, 0.15) is 11.5 Å². The Labute approximate surface area is 131 Å². The Morgan fingerprint density at radius 1 is 0.913 bits per heavy atom. The third-order valence-electron chi connectivity index (χ3n) is 3.16. The quantitative estimate of drug-likeness (QED) is 0.725. The van der Waals surface area contributed by atoms with Gasteiger partial charge in [-0.05, 0) is 35.9 Å². The topological polar surface area (TPSA) is 83.6 Å². The molecule has 114 valence electrons. The molecular formula is C18H13NO4. The standard InChI is InChI=1S/C18H13NO4/c20-13-7-5-12(6-8-13)3-1-2-4-17-19-16-10-9-14(21)11-15(16)18(22)23-17/h1-11,20-21H/b3-1+,4-2+. The van der Waals surface area contributed by atoms with Crippen molar-refractivity contribution in [2.24, 2.45) is 0 Å². The molecule has 0 fully saturated rings. The average molecular weight is 307 g/mol. The van der Waals surface area contributed by atoms with Gasteiger partial charge in [-0.25, -0.2) is 9.78 Å². The second-order valence-corrected chi connectivity index (χ2v) is 4.85. The number of aromatic hydroxyl groups is 2. The van der Waals surface area contributed by atoms with E-state index in [0.29, 0.717) is 5.52 Å². The normalized spacial score (nSPS) is 11.7. The summed E-state index contributed by atoms with van der Waals surface area (Å²) in [5, 5.41) is 18.8. The zero-order valence-electron chi connectivity index (χ0n) is 12.0. The van der Waals surface area contributed by atoms with Crippen molar-refractivity contribution in [1.29, 1.82) is 0 Å². The molecule has 0 aliphatic rings. The summed E-state index contributed by atoms with van der Waals surface area (Å²) in [6.07, 6.45) is 6.89. The molecule has 0 atom stereocenters. The molecule has 23 heavy (non-hydrogen) atoms. The second kappa shape index (κ2) is 6.19. The Hall–Kier alpha value is -3.34. The van der Waals surface area contributed by atoms with Gasteiger partial charge in [-0.3, -0.25) is 0 Å².